The van der Waals surface area contributed by atoms with Gasteiger partial charge in [0.1, 0.15) is 30.0 Å². The lowest BCUT2D eigenvalue weighted by atomic mass is 9.44. The minimum atomic E-state index is -1.42. The number of alkyl carbamates (subject to hydrolysis) is 1. The molecule has 0 aromatic heterocycles. The maximum absolute atomic E-state index is 14.3. The quantitative estimate of drug-likeness (QED) is 0.0221. The molecule has 17 unspecified atom stereocenters. The number of nitrogens with two attached hydrogens (primary N) is 3. The number of hydrogen-bond donors (Lipinski definition) is 19. The third kappa shape index (κ3) is 45.6. The fraction of sp³-hybridized carbons (Fsp3) is 0.894. The van der Waals surface area contributed by atoms with Crippen LogP contribution in [0, 0.1) is 46.3 Å². The normalized spacial score (nSPS) is 28.1. The molecular formula is C104H188N12O26. The summed E-state index contributed by atoms with van der Waals surface area (Å²) in [4.78, 5) is 119. The number of rotatable bonds is 76. The van der Waals surface area contributed by atoms with Gasteiger partial charge in [-0.1, -0.05) is 104 Å². The number of unbranched alkanes of at least 4 members (excludes halogenated alkanes) is 17. The summed E-state index contributed by atoms with van der Waals surface area (Å²) >= 11 is 0. The summed E-state index contributed by atoms with van der Waals surface area (Å²) in [6.07, 6.45) is 30.9. The molecule has 22 N–H and O–H groups in total. The van der Waals surface area contributed by atoms with Crippen molar-refractivity contribution in [1.82, 2.24) is 47.9 Å². The molecule has 7 rings (SSSR count). The highest BCUT2D eigenvalue weighted by Crippen LogP contribution is 2.68. The van der Waals surface area contributed by atoms with Gasteiger partial charge in [-0.2, -0.15) is 0 Å². The van der Waals surface area contributed by atoms with Crippen LogP contribution in [0.25, 0.3) is 0 Å². The molecule has 38 heteroatoms. The van der Waals surface area contributed by atoms with E-state index in [1.165, 1.54) is 116 Å². The van der Waals surface area contributed by atoms with Crippen LogP contribution in [0.4, 0.5) is 4.79 Å². The van der Waals surface area contributed by atoms with Crippen LogP contribution in [0.2, 0.25) is 0 Å². The van der Waals surface area contributed by atoms with Crippen LogP contribution < -0.4 is 65.1 Å². The van der Waals surface area contributed by atoms with Gasteiger partial charge < -0.3 is 148 Å². The Labute approximate surface area is 845 Å². The second-order valence-electron chi connectivity index (χ2n) is 41.8. The highest BCUT2D eigenvalue weighted by atomic mass is 16.7. The van der Waals surface area contributed by atoms with Crippen LogP contribution in [-0.2, 0) is 85.7 Å². The van der Waals surface area contributed by atoms with E-state index in [4.69, 9.17) is 64.6 Å². The Hall–Kier alpha value is -5.99. The summed E-state index contributed by atoms with van der Waals surface area (Å²) in [6, 6.07) is -2.56. The molecule has 3 saturated heterocycles. The molecule has 3 heterocycles. The second kappa shape index (κ2) is 70.1. The van der Waals surface area contributed by atoms with Crippen molar-refractivity contribution in [3.05, 3.63) is 12.2 Å². The second-order valence-corrected chi connectivity index (χ2v) is 41.8. The number of ether oxygens (including phenoxy) is 10. The Morgan fingerprint density at radius 2 is 0.803 bits per heavy atom. The fourth-order valence-corrected chi connectivity index (χ4v) is 22.0. The van der Waals surface area contributed by atoms with Gasteiger partial charge in [0.05, 0.1) is 102 Å². The number of nitrogens with one attached hydrogen (secondary N) is 9. The maximum atomic E-state index is 14.3. The van der Waals surface area contributed by atoms with E-state index in [1.54, 1.807) is 0 Å². The molecule has 7 aliphatic rings. The molecule has 0 bridgehead atoms. The number of aliphatic hydroxyl groups excluding tert-OH is 7. The van der Waals surface area contributed by atoms with Gasteiger partial charge in [-0.3, -0.25) is 38.4 Å². The van der Waals surface area contributed by atoms with Crippen LogP contribution in [0.5, 0.6) is 0 Å². The number of allylic oxidation sites excluding steroid dienone is 2. The van der Waals surface area contributed by atoms with Crippen molar-refractivity contribution in [3.63, 3.8) is 0 Å². The lowest BCUT2D eigenvalue weighted by Gasteiger charge is -2.61. The zero-order valence-electron chi connectivity index (χ0n) is 86.5. The van der Waals surface area contributed by atoms with E-state index in [2.05, 4.69) is 87.7 Å². The van der Waals surface area contributed by atoms with Gasteiger partial charge in [0, 0.05) is 136 Å². The molecule has 0 aromatic carbocycles. The Kier molecular flexibility index (Phi) is 60.7. The summed E-state index contributed by atoms with van der Waals surface area (Å²) in [5.74, 6) is 1.58. The van der Waals surface area contributed by atoms with Gasteiger partial charge in [0.2, 0.25) is 47.3 Å². The van der Waals surface area contributed by atoms with E-state index in [1.807, 2.05) is 0 Å². The predicted octanol–water partition coefficient (Wildman–Crippen LogP) is 6.73. The number of aliphatic hydroxyl groups is 7. The summed E-state index contributed by atoms with van der Waals surface area (Å²) in [6.45, 7) is 11.0. The van der Waals surface area contributed by atoms with Crippen LogP contribution in [0.1, 0.15) is 323 Å². The maximum Gasteiger partial charge on any atom is 0.407 e. The average Bonchev–Trinajstić information content (AvgIpc) is 1.47. The molecule has 820 valence electrons. The van der Waals surface area contributed by atoms with Gasteiger partial charge in [0.15, 0.2) is 18.9 Å². The zero-order chi connectivity index (χ0) is 103. The number of hydrogen-bond acceptors (Lipinski definition) is 29. The molecule has 38 nitrogen and oxygen atoms in total. The monoisotopic (exact) mass is 2020 g/mol. The molecule has 0 radical (unpaired) electrons. The minimum absolute atomic E-state index is 0.0146. The number of amides is 9. The van der Waals surface area contributed by atoms with Crippen molar-refractivity contribution >= 4 is 53.4 Å². The number of carbonyl (C=O) groups is 9. The lowest BCUT2D eigenvalue weighted by Crippen LogP contribution is -2.62. The first kappa shape index (κ1) is 123. The predicted molar refractivity (Wildman–Crippen MR) is 536 cm³/mol. The van der Waals surface area contributed by atoms with E-state index < -0.39 is 91.9 Å². The van der Waals surface area contributed by atoms with Gasteiger partial charge in [-0.25, -0.2) is 4.79 Å². The first-order valence-electron chi connectivity index (χ1n) is 54.7. The smallest absolute Gasteiger partial charge is 0.407 e. The zero-order valence-corrected chi connectivity index (χ0v) is 86.5. The summed E-state index contributed by atoms with van der Waals surface area (Å²) in [5, 5.41) is 95.7. The number of fused-ring (bicyclic) bond motifs is 5. The first-order valence-corrected chi connectivity index (χ1v) is 54.7. The summed E-state index contributed by atoms with van der Waals surface area (Å²) in [7, 11) is 0. The molecule has 4 aliphatic carbocycles. The minimum Gasteiger partial charge on any atom is -0.446 e. The van der Waals surface area contributed by atoms with E-state index in [0.29, 0.717) is 145 Å². The molecule has 4 saturated carbocycles. The Morgan fingerprint density at radius 3 is 1.27 bits per heavy atom. The Bertz CT molecular complexity index is 3480. The van der Waals surface area contributed by atoms with Crippen molar-refractivity contribution in [2.75, 3.05) is 132 Å². The molecule has 7 fully saturated rings. The number of carbonyl (C=O) groups excluding carboxylic acids is 9. The van der Waals surface area contributed by atoms with Gasteiger partial charge in [-0.15, -0.1) is 0 Å². The van der Waals surface area contributed by atoms with E-state index in [0.717, 1.165) is 38.5 Å². The van der Waals surface area contributed by atoms with Gasteiger partial charge >= 0.3 is 6.09 Å². The SMILES string of the molecule is CCCCCCCC/C=C\CCCCCCCCNC(=O)O[C@@H]1CC[C@@]2(C)C(CCC3C2CC[C@@]2(C)C3CC[C@@H]2[C@H](C)CCC(=O)NCCCCCC(=O)NC(COCCC(=O)NCCCNC(=O)CCCCOC2OC(CO)CC(O)C2N)(COCCC(=O)NCCCNC(=O)CCCCOC2OC(CO)CC(O)C2N)COCCC(=O)NCCCNC(=O)CCCCOC2OC(CO)C(O)C(O)C2N)C1. The summed E-state index contributed by atoms with van der Waals surface area (Å²) in [5.41, 5.74) is 17.1. The van der Waals surface area contributed by atoms with E-state index in [9.17, 15) is 78.9 Å². The Morgan fingerprint density at radius 1 is 0.401 bits per heavy atom. The lowest BCUT2D eigenvalue weighted by molar-refractivity contribution is -0.265. The van der Waals surface area contributed by atoms with Crippen molar-refractivity contribution in [3.8, 4) is 0 Å². The van der Waals surface area contributed by atoms with Gasteiger partial charge in [-0.05, 0) is 213 Å². The summed E-state index contributed by atoms with van der Waals surface area (Å²) < 4.78 is 58.5. The van der Waals surface area contributed by atoms with Crippen LogP contribution in [-0.4, -0.2) is 312 Å². The average molecular weight is 2020 g/mol. The van der Waals surface area contributed by atoms with Crippen LogP contribution >= 0.6 is 0 Å². The van der Waals surface area contributed by atoms with Gasteiger partial charge in [0.25, 0.3) is 0 Å². The van der Waals surface area contributed by atoms with Crippen molar-refractivity contribution in [1.29, 1.82) is 0 Å². The third-order valence-corrected chi connectivity index (χ3v) is 30.5. The Balaban J connectivity index is 0.849. The first-order chi connectivity index (χ1) is 68.5. The van der Waals surface area contributed by atoms with Crippen LogP contribution in [0.15, 0.2) is 12.2 Å². The molecule has 0 spiro atoms. The highest BCUT2D eigenvalue weighted by molar-refractivity contribution is 5.79. The fourth-order valence-electron chi connectivity index (χ4n) is 22.0. The van der Waals surface area contributed by atoms with E-state index in [-0.39, 0.29) is 227 Å². The standard InChI is InChI=1S/C104H188N12O26/c1-5-6-7-8-9-10-11-12-13-14-15-16-17-18-19-25-51-115-101(132)141-75-43-48-102(3)74(64-75)38-39-78-80-41-40-79(103(80,4)49-44-81(78)102)73(2)37-42-88(125)108-50-26-20-21-36-92(129)116-104(70-133-61-45-89(126)112-55-30-52-109-85(122)33-22-27-58-136-98-93(105)82(120)65-76(67-117)139-98,71-134-62-46-90(127)113-56-31-53-110-86(123)34-23-28-59-137-99-94(106)83(121)66-77(68-118)140-99)72-135-63-47-91(128)114-57-32-54-111-87(124)35-24-29-60-138-100-95(107)97(131)96(130)84(69-119)142-100/h12-13,73-84,93-100,117-121,130-131H,5-11,14-72,105-107H2,1-4H3,(H,108,125)(H,109,122)(H,110,123)(H,111,124)(H,112,126)(H,113,127)(H,114,128)(H,115,132)(H,116,129)/b13-12-/t73-,74?,75-,76?,77?,78?,79-,80?,81?,82?,83?,84?,93?,94?,95?,96?,97?,98?,99?,100?,102+,103-,104?/m1/s1. The molecule has 9 amide bonds. The van der Waals surface area contributed by atoms with Crippen LogP contribution in [0.3, 0.4) is 0 Å². The molecular weight excluding hydrogens is 1830 g/mol. The van der Waals surface area contributed by atoms with Crippen molar-refractivity contribution < 1.29 is 126 Å². The molecule has 3 aliphatic heterocycles. The van der Waals surface area contributed by atoms with E-state index >= 15 is 0 Å². The topological polar surface area (TPSA) is 574 Å². The highest BCUT2D eigenvalue weighted by Gasteiger charge is 2.61. The van der Waals surface area contributed by atoms with Crippen molar-refractivity contribution in [2.24, 2.45) is 63.5 Å². The molecule has 0 aromatic rings. The third-order valence-electron chi connectivity index (χ3n) is 30.5. The largest absolute Gasteiger partial charge is 0.446 e. The molecule has 142 heavy (non-hydrogen) atoms. The van der Waals surface area contributed by atoms with Crippen molar-refractivity contribution in [2.45, 2.75) is 414 Å². The molecule has 22 atom stereocenters.